The summed E-state index contributed by atoms with van der Waals surface area (Å²) in [7, 11) is 0. The first kappa shape index (κ1) is 15.3. The molecule has 4 rings (SSSR count). The number of imide groups is 1. The van der Waals surface area contributed by atoms with Crippen LogP contribution in [0.15, 0.2) is 35.4 Å². The van der Waals surface area contributed by atoms with Crippen LogP contribution < -0.4 is 4.90 Å². The second-order valence-electron chi connectivity index (χ2n) is 7.42. The smallest absolute Gasteiger partial charge is 0.238 e. The summed E-state index contributed by atoms with van der Waals surface area (Å²) in [4.78, 5) is 39.0. The third kappa shape index (κ3) is 1.89. The maximum Gasteiger partial charge on any atom is 0.238 e. The standard InChI is InChI=1S/C20H21NO3/c1-10(2)16-14-7-8-15(16)18-17(14)19(23)21(20(18)24)13-6-4-5-12(9-13)11(3)22/h4-6,9,14-15,17-18H,7-8H2,1-3H3/t14-,15-,17+,18+/m0/s1. The molecule has 0 radical (unpaired) electrons. The molecule has 2 amide bonds. The predicted molar refractivity (Wildman–Crippen MR) is 90.5 cm³/mol. The van der Waals surface area contributed by atoms with Gasteiger partial charge in [-0.15, -0.1) is 0 Å². The fourth-order valence-electron chi connectivity index (χ4n) is 5.11. The summed E-state index contributed by atoms with van der Waals surface area (Å²) in [6.45, 7) is 5.66. The highest BCUT2D eigenvalue weighted by molar-refractivity contribution is 6.23. The van der Waals surface area contributed by atoms with Crippen LogP contribution in [0.25, 0.3) is 0 Å². The Morgan fingerprint density at radius 2 is 1.58 bits per heavy atom. The molecule has 0 N–H and O–H groups in total. The number of ketones is 1. The van der Waals surface area contributed by atoms with Gasteiger partial charge < -0.3 is 0 Å². The van der Waals surface area contributed by atoms with Crippen molar-refractivity contribution in [3.63, 3.8) is 0 Å². The zero-order chi connectivity index (χ0) is 17.2. The molecule has 24 heavy (non-hydrogen) atoms. The van der Waals surface area contributed by atoms with E-state index in [1.807, 2.05) is 0 Å². The van der Waals surface area contributed by atoms with Crippen molar-refractivity contribution in [2.24, 2.45) is 23.7 Å². The molecular weight excluding hydrogens is 302 g/mol. The lowest BCUT2D eigenvalue weighted by Crippen LogP contribution is -2.33. The number of amides is 2. The lowest BCUT2D eigenvalue weighted by Gasteiger charge is -2.19. The molecule has 2 saturated carbocycles. The maximum absolute atomic E-state index is 13.0. The third-order valence-electron chi connectivity index (χ3n) is 5.94. The van der Waals surface area contributed by atoms with E-state index in [1.165, 1.54) is 23.0 Å². The number of hydrogen-bond donors (Lipinski definition) is 0. The lowest BCUT2D eigenvalue weighted by atomic mass is 9.81. The molecule has 1 heterocycles. The van der Waals surface area contributed by atoms with E-state index in [4.69, 9.17) is 0 Å². The van der Waals surface area contributed by atoms with Crippen molar-refractivity contribution in [2.45, 2.75) is 33.6 Å². The quantitative estimate of drug-likeness (QED) is 0.476. The number of allylic oxidation sites excluding steroid dienone is 2. The number of carbonyl (C=O) groups is 3. The van der Waals surface area contributed by atoms with Crippen molar-refractivity contribution in [2.75, 3.05) is 4.90 Å². The number of fused-ring (bicyclic) bond motifs is 5. The van der Waals surface area contributed by atoms with Crippen LogP contribution >= 0.6 is 0 Å². The van der Waals surface area contributed by atoms with Crippen LogP contribution in [-0.2, 0) is 9.59 Å². The Hall–Kier alpha value is -2.23. The van der Waals surface area contributed by atoms with E-state index >= 15 is 0 Å². The minimum absolute atomic E-state index is 0.0666. The highest BCUT2D eigenvalue weighted by Gasteiger charge is 2.63. The summed E-state index contributed by atoms with van der Waals surface area (Å²) < 4.78 is 0. The zero-order valence-corrected chi connectivity index (χ0v) is 14.2. The van der Waals surface area contributed by atoms with Gasteiger partial charge in [0.25, 0.3) is 0 Å². The molecular formula is C20H21NO3. The van der Waals surface area contributed by atoms with Crippen molar-refractivity contribution in [1.82, 2.24) is 0 Å². The van der Waals surface area contributed by atoms with Gasteiger partial charge in [-0.25, -0.2) is 4.90 Å². The highest BCUT2D eigenvalue weighted by Crippen LogP contribution is 2.60. The Labute approximate surface area is 141 Å². The Balaban J connectivity index is 1.75. The molecule has 1 saturated heterocycles. The van der Waals surface area contributed by atoms with Crippen molar-refractivity contribution >= 4 is 23.3 Å². The summed E-state index contributed by atoms with van der Waals surface area (Å²) in [6, 6.07) is 6.84. The zero-order valence-electron chi connectivity index (χ0n) is 14.2. The van der Waals surface area contributed by atoms with Crippen molar-refractivity contribution < 1.29 is 14.4 Å². The van der Waals surface area contributed by atoms with Gasteiger partial charge in [-0.05, 0) is 57.6 Å². The van der Waals surface area contributed by atoms with Crippen LogP contribution in [0, 0.1) is 23.7 Å². The van der Waals surface area contributed by atoms with Crippen LogP contribution in [0.5, 0.6) is 0 Å². The maximum atomic E-state index is 13.0. The van der Waals surface area contributed by atoms with Crippen LogP contribution in [0.3, 0.4) is 0 Å². The molecule has 4 nitrogen and oxygen atoms in total. The van der Waals surface area contributed by atoms with Crippen molar-refractivity contribution in [3.8, 4) is 0 Å². The molecule has 3 aliphatic rings. The van der Waals surface area contributed by atoms with E-state index < -0.39 is 0 Å². The van der Waals surface area contributed by atoms with Crippen LogP contribution in [0.1, 0.15) is 44.0 Å². The number of anilines is 1. The van der Waals surface area contributed by atoms with Crippen LogP contribution in [0.2, 0.25) is 0 Å². The molecule has 0 aromatic heterocycles. The minimum Gasteiger partial charge on any atom is -0.295 e. The van der Waals surface area contributed by atoms with Crippen LogP contribution in [0.4, 0.5) is 5.69 Å². The van der Waals surface area contributed by atoms with E-state index in [1.54, 1.807) is 24.3 Å². The Morgan fingerprint density at radius 3 is 2.08 bits per heavy atom. The largest absolute Gasteiger partial charge is 0.295 e. The number of hydrogen-bond acceptors (Lipinski definition) is 3. The van der Waals surface area contributed by atoms with Gasteiger partial charge in [-0.1, -0.05) is 23.3 Å². The first-order valence-corrected chi connectivity index (χ1v) is 8.58. The SMILES string of the molecule is CC(=O)c1cccc(N2C(=O)[C@H]3[C@H](C2=O)[C@H]2CC[C@H]3C2=C(C)C)c1. The molecule has 4 atom stereocenters. The van der Waals surface area contributed by atoms with Gasteiger partial charge in [-0.2, -0.15) is 0 Å². The number of rotatable bonds is 2. The summed E-state index contributed by atoms with van der Waals surface area (Å²) in [6.07, 6.45) is 2.01. The second kappa shape index (κ2) is 5.13. The molecule has 3 fully saturated rings. The lowest BCUT2D eigenvalue weighted by molar-refractivity contribution is -0.123. The number of Topliss-reactive ketones (excluding diaryl/α,β-unsaturated/α-hetero) is 1. The average Bonchev–Trinajstić information content (AvgIpc) is 3.17. The van der Waals surface area contributed by atoms with E-state index in [0.29, 0.717) is 11.3 Å². The topological polar surface area (TPSA) is 54.5 Å². The molecule has 1 aliphatic heterocycles. The van der Waals surface area contributed by atoms with E-state index in [2.05, 4.69) is 13.8 Å². The molecule has 0 unspecified atom stereocenters. The summed E-state index contributed by atoms with van der Waals surface area (Å²) >= 11 is 0. The van der Waals surface area contributed by atoms with E-state index in [-0.39, 0.29) is 41.3 Å². The van der Waals surface area contributed by atoms with Crippen molar-refractivity contribution in [1.29, 1.82) is 0 Å². The Kier molecular flexibility index (Phi) is 3.27. The van der Waals surface area contributed by atoms with Gasteiger partial charge in [-0.3, -0.25) is 14.4 Å². The Bertz CT molecular complexity index is 771. The molecule has 4 heteroatoms. The third-order valence-corrected chi connectivity index (χ3v) is 5.94. The fourth-order valence-corrected chi connectivity index (χ4v) is 5.11. The van der Waals surface area contributed by atoms with E-state index in [9.17, 15) is 14.4 Å². The van der Waals surface area contributed by atoms with Gasteiger partial charge in [0, 0.05) is 5.56 Å². The molecule has 2 aliphatic carbocycles. The summed E-state index contributed by atoms with van der Waals surface area (Å²) in [5.41, 5.74) is 3.68. The minimum atomic E-state index is -0.206. The van der Waals surface area contributed by atoms with Gasteiger partial charge in [0.15, 0.2) is 5.78 Å². The highest BCUT2D eigenvalue weighted by atomic mass is 16.2. The molecule has 1 aromatic rings. The molecule has 1 aromatic carbocycles. The normalized spacial score (nSPS) is 31.0. The number of carbonyl (C=O) groups excluding carboxylic acids is 3. The van der Waals surface area contributed by atoms with Gasteiger partial charge >= 0.3 is 0 Å². The van der Waals surface area contributed by atoms with Gasteiger partial charge in [0.1, 0.15) is 0 Å². The van der Waals surface area contributed by atoms with Crippen LogP contribution in [-0.4, -0.2) is 17.6 Å². The summed E-state index contributed by atoms with van der Waals surface area (Å²) in [5.74, 6) is -0.203. The molecule has 124 valence electrons. The molecule has 0 spiro atoms. The number of benzene rings is 1. The summed E-state index contributed by atoms with van der Waals surface area (Å²) in [5, 5.41) is 0. The second-order valence-corrected chi connectivity index (χ2v) is 7.42. The monoisotopic (exact) mass is 323 g/mol. The van der Waals surface area contributed by atoms with Gasteiger partial charge in [0.2, 0.25) is 11.8 Å². The average molecular weight is 323 g/mol. The predicted octanol–water partition coefficient (Wildman–Crippen LogP) is 3.37. The Morgan fingerprint density at radius 1 is 1.00 bits per heavy atom. The number of nitrogens with zero attached hydrogens (tertiary/aromatic N) is 1. The van der Waals surface area contributed by atoms with E-state index in [0.717, 1.165) is 12.8 Å². The molecule has 2 bridgehead atoms. The van der Waals surface area contributed by atoms with Crippen molar-refractivity contribution in [3.05, 3.63) is 41.0 Å². The van der Waals surface area contributed by atoms with Gasteiger partial charge in [0.05, 0.1) is 17.5 Å². The first-order valence-electron chi connectivity index (χ1n) is 8.58. The fraction of sp³-hybridized carbons (Fsp3) is 0.450. The first-order chi connectivity index (χ1) is 11.4.